The van der Waals surface area contributed by atoms with Gasteiger partial charge in [-0.05, 0) is 18.9 Å². The third-order valence-electron chi connectivity index (χ3n) is 1.85. The van der Waals surface area contributed by atoms with Crippen LogP contribution < -0.4 is 5.32 Å². The first-order valence-corrected chi connectivity index (χ1v) is 6.06. The highest BCUT2D eigenvalue weighted by Crippen LogP contribution is 2.18. The molecule has 92 valence electrons. The van der Waals surface area contributed by atoms with Crippen LogP contribution in [-0.4, -0.2) is 5.91 Å². The fourth-order valence-corrected chi connectivity index (χ4v) is 1.25. The summed E-state index contributed by atoms with van der Waals surface area (Å²) in [6, 6.07) is 0. The van der Waals surface area contributed by atoms with Crippen molar-refractivity contribution in [1.29, 1.82) is 0 Å². The van der Waals surface area contributed by atoms with Crippen molar-refractivity contribution >= 4 is 5.91 Å². The van der Waals surface area contributed by atoms with Gasteiger partial charge in [-0.15, -0.1) is 0 Å². The molecule has 0 aromatic rings. The van der Waals surface area contributed by atoms with E-state index in [0.717, 1.165) is 17.7 Å². The lowest BCUT2D eigenvalue weighted by Gasteiger charge is -2.18. The minimum atomic E-state index is 0.101. The number of hydrogen-bond donors (Lipinski definition) is 1. The quantitative estimate of drug-likeness (QED) is 0.716. The number of carbonyl (C=O) groups excluding carboxylic acids is 1. The Hall–Kier alpha value is -1.31. The van der Waals surface area contributed by atoms with Gasteiger partial charge in [0.05, 0.1) is 0 Å². The van der Waals surface area contributed by atoms with Crippen LogP contribution in [0.3, 0.4) is 0 Å². The molecule has 0 aromatic heterocycles. The van der Waals surface area contributed by atoms with Crippen molar-refractivity contribution in [3.8, 4) is 0 Å². The van der Waals surface area contributed by atoms with Crippen molar-refractivity contribution in [1.82, 2.24) is 5.32 Å². The molecule has 1 fully saturated rings. The maximum Gasteiger partial charge on any atom is 0.224 e. The van der Waals surface area contributed by atoms with Gasteiger partial charge in [0.1, 0.15) is 0 Å². The second kappa shape index (κ2) is 11.8. The van der Waals surface area contributed by atoms with E-state index in [0.29, 0.717) is 6.42 Å². The molecule has 0 aliphatic carbocycles. The van der Waals surface area contributed by atoms with Gasteiger partial charge in [-0.3, -0.25) is 4.79 Å². The van der Waals surface area contributed by atoms with Crippen LogP contribution in [0.1, 0.15) is 47.5 Å². The molecule has 1 rings (SSSR count). The monoisotopic (exact) mass is 223 g/mol. The van der Waals surface area contributed by atoms with E-state index in [1.54, 1.807) is 6.08 Å². The normalized spacial score (nSPS) is 18.9. The zero-order valence-corrected chi connectivity index (χ0v) is 11.3. The lowest BCUT2D eigenvalue weighted by Crippen LogP contribution is -2.28. The van der Waals surface area contributed by atoms with Crippen molar-refractivity contribution in [2.24, 2.45) is 0 Å². The third kappa shape index (κ3) is 6.23. The maximum atomic E-state index is 11.0. The molecule has 1 aliphatic heterocycles. The lowest BCUT2D eigenvalue weighted by atomic mass is 10.0. The fraction of sp³-hybridized carbons (Fsp3) is 0.500. The van der Waals surface area contributed by atoms with Crippen LogP contribution >= 0.6 is 0 Å². The lowest BCUT2D eigenvalue weighted by molar-refractivity contribution is -0.120. The predicted octanol–water partition coefficient (Wildman–Crippen LogP) is 3.97. The van der Waals surface area contributed by atoms with Crippen LogP contribution in [0.2, 0.25) is 0 Å². The molecule has 0 saturated carbocycles. The first kappa shape index (κ1) is 17.1. The van der Waals surface area contributed by atoms with Crippen LogP contribution in [0.15, 0.2) is 36.1 Å². The van der Waals surface area contributed by atoms with E-state index < -0.39 is 0 Å². The predicted molar refractivity (Wildman–Crippen MR) is 72.1 cm³/mol. The van der Waals surface area contributed by atoms with E-state index >= 15 is 0 Å². The smallest absolute Gasteiger partial charge is 0.224 e. The summed E-state index contributed by atoms with van der Waals surface area (Å²) in [4.78, 5) is 11.0. The van der Waals surface area contributed by atoms with E-state index in [4.69, 9.17) is 0 Å². The molecular formula is C14H25NO. The molecule has 1 heterocycles. The zero-order valence-electron chi connectivity index (χ0n) is 11.3. The number of allylic oxidation sites excluding steroid dienone is 4. The molecule has 16 heavy (non-hydrogen) atoms. The highest BCUT2D eigenvalue weighted by molar-refractivity contribution is 5.81. The van der Waals surface area contributed by atoms with Gasteiger partial charge >= 0.3 is 0 Å². The van der Waals surface area contributed by atoms with Gasteiger partial charge in [0.2, 0.25) is 5.91 Å². The standard InChI is InChI=1S/C10H13NO.2C2H6/c1-3-5-8-6-7-10(12)11-9(8)4-2;2*1-2/h3-5H,1,6-7H2,2H3,(H,11,12);2*1-2H3/b8-5-,9-4+;;. The first-order valence-electron chi connectivity index (χ1n) is 6.06. The zero-order chi connectivity index (χ0) is 13.0. The third-order valence-corrected chi connectivity index (χ3v) is 1.85. The van der Waals surface area contributed by atoms with E-state index in [-0.39, 0.29) is 5.91 Å². The largest absolute Gasteiger partial charge is 0.326 e. The molecular weight excluding hydrogens is 198 g/mol. The van der Waals surface area contributed by atoms with Crippen molar-refractivity contribution in [2.45, 2.75) is 47.5 Å². The molecule has 0 spiro atoms. The van der Waals surface area contributed by atoms with Crippen LogP contribution in [0, 0.1) is 0 Å². The average Bonchev–Trinajstić information content (AvgIpc) is 2.36. The SMILES string of the molecule is C=C/C=C1/CCC(=O)N/C1=C/C.CC.CC. The molecule has 1 saturated heterocycles. The minimum absolute atomic E-state index is 0.101. The van der Waals surface area contributed by atoms with E-state index in [1.165, 1.54) is 0 Å². The molecule has 0 atom stereocenters. The Morgan fingerprint density at radius 2 is 1.75 bits per heavy atom. The Morgan fingerprint density at radius 3 is 2.19 bits per heavy atom. The van der Waals surface area contributed by atoms with Gasteiger partial charge in [0, 0.05) is 12.1 Å². The van der Waals surface area contributed by atoms with Crippen molar-refractivity contribution in [3.05, 3.63) is 36.1 Å². The van der Waals surface area contributed by atoms with Gasteiger partial charge in [-0.2, -0.15) is 0 Å². The van der Waals surface area contributed by atoms with E-state index in [2.05, 4.69) is 11.9 Å². The number of amides is 1. The highest BCUT2D eigenvalue weighted by Gasteiger charge is 2.14. The van der Waals surface area contributed by atoms with Gasteiger partial charge in [0.15, 0.2) is 0 Å². The van der Waals surface area contributed by atoms with Gasteiger partial charge < -0.3 is 5.32 Å². The Kier molecular flexibility index (Phi) is 12.6. The van der Waals surface area contributed by atoms with Gasteiger partial charge in [0.25, 0.3) is 0 Å². The van der Waals surface area contributed by atoms with Crippen molar-refractivity contribution in [2.75, 3.05) is 0 Å². The minimum Gasteiger partial charge on any atom is -0.326 e. The Labute approximate surface area is 100 Å². The molecule has 1 N–H and O–H groups in total. The molecule has 0 radical (unpaired) electrons. The second-order valence-electron chi connectivity index (χ2n) is 2.68. The molecule has 2 heteroatoms. The van der Waals surface area contributed by atoms with Gasteiger partial charge in [-0.1, -0.05) is 52.5 Å². The molecule has 0 aromatic carbocycles. The summed E-state index contributed by atoms with van der Waals surface area (Å²) in [7, 11) is 0. The molecule has 1 amide bonds. The molecule has 1 aliphatic rings. The number of nitrogens with one attached hydrogen (secondary N) is 1. The number of piperidine rings is 1. The first-order chi connectivity index (χ1) is 7.77. The van der Waals surface area contributed by atoms with Crippen molar-refractivity contribution < 1.29 is 4.79 Å². The fourth-order valence-electron chi connectivity index (χ4n) is 1.25. The topological polar surface area (TPSA) is 29.1 Å². The summed E-state index contributed by atoms with van der Waals surface area (Å²) < 4.78 is 0. The summed E-state index contributed by atoms with van der Waals surface area (Å²) in [5, 5.41) is 2.81. The average molecular weight is 223 g/mol. The Morgan fingerprint density at radius 1 is 1.19 bits per heavy atom. The van der Waals surface area contributed by atoms with Crippen LogP contribution in [-0.2, 0) is 4.79 Å². The molecule has 2 nitrogen and oxygen atoms in total. The number of rotatable bonds is 1. The van der Waals surface area contributed by atoms with Crippen LogP contribution in [0.5, 0.6) is 0 Å². The summed E-state index contributed by atoms with van der Waals surface area (Å²) >= 11 is 0. The Bertz CT molecular complexity index is 262. The number of hydrogen-bond acceptors (Lipinski definition) is 1. The summed E-state index contributed by atoms with van der Waals surface area (Å²) in [6.07, 6.45) is 6.99. The van der Waals surface area contributed by atoms with Crippen LogP contribution in [0.4, 0.5) is 0 Å². The van der Waals surface area contributed by atoms with Gasteiger partial charge in [-0.25, -0.2) is 0 Å². The molecule has 0 unspecified atom stereocenters. The van der Waals surface area contributed by atoms with Crippen LogP contribution in [0.25, 0.3) is 0 Å². The second-order valence-corrected chi connectivity index (χ2v) is 2.68. The van der Waals surface area contributed by atoms with Crippen molar-refractivity contribution in [3.63, 3.8) is 0 Å². The molecule has 0 bridgehead atoms. The number of carbonyl (C=O) groups is 1. The maximum absolute atomic E-state index is 11.0. The Balaban J connectivity index is 0. The van der Waals surface area contributed by atoms with E-state index in [9.17, 15) is 4.79 Å². The summed E-state index contributed by atoms with van der Waals surface area (Å²) in [6.45, 7) is 13.5. The van der Waals surface area contributed by atoms with E-state index in [1.807, 2.05) is 46.8 Å². The highest BCUT2D eigenvalue weighted by atomic mass is 16.1. The summed E-state index contributed by atoms with van der Waals surface area (Å²) in [5.74, 6) is 0.101. The summed E-state index contributed by atoms with van der Waals surface area (Å²) in [5.41, 5.74) is 2.08.